The first-order valence-electron chi connectivity index (χ1n) is 7.03. The van der Waals surface area contributed by atoms with Crippen molar-refractivity contribution >= 4 is 5.91 Å². The van der Waals surface area contributed by atoms with Crippen molar-refractivity contribution in [2.75, 3.05) is 6.54 Å². The number of rotatable bonds is 6. The van der Waals surface area contributed by atoms with Gasteiger partial charge in [0.1, 0.15) is 5.82 Å². The Morgan fingerprint density at radius 2 is 2.22 bits per heavy atom. The van der Waals surface area contributed by atoms with E-state index in [0.717, 1.165) is 44.1 Å². The second kappa shape index (κ2) is 4.75. The number of carbonyl (C=O) groups is 1. The molecule has 3 rings (SSSR count). The second-order valence-electron chi connectivity index (χ2n) is 5.69. The molecule has 2 fully saturated rings. The van der Waals surface area contributed by atoms with Gasteiger partial charge in [0.15, 0.2) is 0 Å². The molecule has 1 heterocycles. The summed E-state index contributed by atoms with van der Waals surface area (Å²) in [6, 6.07) is 0. The summed E-state index contributed by atoms with van der Waals surface area (Å²) < 4.78 is 2.32. The molecule has 1 N–H and O–H groups in total. The van der Waals surface area contributed by atoms with Crippen LogP contribution in [0.4, 0.5) is 0 Å². The molecule has 1 aromatic heterocycles. The summed E-state index contributed by atoms with van der Waals surface area (Å²) in [4.78, 5) is 16.0. The third kappa shape index (κ3) is 2.74. The van der Waals surface area contributed by atoms with Gasteiger partial charge < -0.3 is 9.88 Å². The monoisotopic (exact) mass is 247 g/mol. The van der Waals surface area contributed by atoms with Gasteiger partial charge in [0.25, 0.3) is 0 Å². The fourth-order valence-corrected chi connectivity index (χ4v) is 2.31. The first-order chi connectivity index (χ1) is 8.74. The minimum absolute atomic E-state index is 0.229. The van der Waals surface area contributed by atoms with Crippen molar-refractivity contribution in [3.05, 3.63) is 17.7 Å². The molecule has 4 heteroatoms. The van der Waals surface area contributed by atoms with Gasteiger partial charge in [-0.25, -0.2) is 4.98 Å². The van der Waals surface area contributed by atoms with Crippen LogP contribution in [0, 0.1) is 18.8 Å². The van der Waals surface area contributed by atoms with Gasteiger partial charge in [-0.15, -0.1) is 0 Å². The third-order valence-corrected chi connectivity index (χ3v) is 3.87. The maximum Gasteiger partial charge on any atom is 0.223 e. The second-order valence-corrected chi connectivity index (χ2v) is 5.69. The lowest BCUT2D eigenvalue weighted by atomic mass is 10.3. The van der Waals surface area contributed by atoms with Gasteiger partial charge in [-0.05, 0) is 38.5 Å². The highest BCUT2D eigenvalue weighted by Gasteiger charge is 2.29. The number of carbonyl (C=O) groups excluding carboxylic acids is 1. The van der Waals surface area contributed by atoms with E-state index in [1.807, 2.05) is 6.20 Å². The lowest BCUT2D eigenvalue weighted by molar-refractivity contribution is -0.122. The minimum atomic E-state index is 0.229. The van der Waals surface area contributed by atoms with Crippen LogP contribution in [0.3, 0.4) is 0 Å². The molecule has 0 radical (unpaired) electrons. The van der Waals surface area contributed by atoms with Crippen molar-refractivity contribution in [2.24, 2.45) is 11.8 Å². The summed E-state index contributed by atoms with van der Waals surface area (Å²) in [6.45, 7) is 3.94. The summed E-state index contributed by atoms with van der Waals surface area (Å²) in [7, 11) is 0. The van der Waals surface area contributed by atoms with E-state index in [1.165, 1.54) is 18.5 Å². The van der Waals surface area contributed by atoms with Crippen molar-refractivity contribution in [1.82, 2.24) is 14.9 Å². The molecule has 4 nitrogen and oxygen atoms in total. The quantitative estimate of drug-likeness (QED) is 0.831. The van der Waals surface area contributed by atoms with Crippen LogP contribution < -0.4 is 5.32 Å². The number of hydrogen-bond acceptors (Lipinski definition) is 2. The molecule has 0 aliphatic heterocycles. The summed E-state index contributed by atoms with van der Waals surface area (Å²) in [5.74, 6) is 2.51. The highest BCUT2D eigenvalue weighted by Crippen LogP contribution is 2.31. The average Bonchev–Trinajstić information content (AvgIpc) is 3.24. The molecule has 1 aromatic rings. The van der Waals surface area contributed by atoms with Gasteiger partial charge in [0, 0.05) is 37.3 Å². The number of imidazole rings is 1. The molecule has 0 spiro atoms. The molecule has 2 aliphatic rings. The van der Waals surface area contributed by atoms with E-state index < -0.39 is 0 Å². The first kappa shape index (κ1) is 11.8. The normalized spacial score (nSPS) is 18.9. The Morgan fingerprint density at radius 3 is 2.89 bits per heavy atom. The maximum absolute atomic E-state index is 11.5. The van der Waals surface area contributed by atoms with Gasteiger partial charge in [-0.2, -0.15) is 0 Å². The highest BCUT2D eigenvalue weighted by molar-refractivity contribution is 5.80. The van der Waals surface area contributed by atoms with Crippen LogP contribution in [0.5, 0.6) is 0 Å². The lowest BCUT2D eigenvalue weighted by Crippen LogP contribution is -2.27. The molecule has 0 aromatic carbocycles. The summed E-state index contributed by atoms with van der Waals surface area (Å²) in [6.07, 6.45) is 7.65. The van der Waals surface area contributed by atoms with Crippen molar-refractivity contribution < 1.29 is 4.79 Å². The Kier molecular flexibility index (Phi) is 3.10. The minimum Gasteiger partial charge on any atom is -0.355 e. The van der Waals surface area contributed by atoms with E-state index in [1.54, 1.807) is 0 Å². The SMILES string of the molecule is Cc1cnc(CCNC(=O)C2CC2)n1CC1CC1. The van der Waals surface area contributed by atoms with E-state index in [0.29, 0.717) is 5.92 Å². The predicted octanol–water partition coefficient (Wildman–Crippen LogP) is 1.67. The predicted molar refractivity (Wildman–Crippen MR) is 69.1 cm³/mol. The van der Waals surface area contributed by atoms with Gasteiger partial charge in [-0.3, -0.25) is 4.79 Å². The zero-order chi connectivity index (χ0) is 12.5. The van der Waals surface area contributed by atoms with E-state index in [4.69, 9.17) is 0 Å². The molecular formula is C14H21N3O. The third-order valence-electron chi connectivity index (χ3n) is 3.87. The number of aryl methyl sites for hydroxylation is 1. The summed E-state index contributed by atoms with van der Waals surface area (Å²) in [5.41, 5.74) is 1.24. The Hall–Kier alpha value is -1.32. The molecule has 98 valence electrons. The number of nitrogens with one attached hydrogen (secondary N) is 1. The number of aromatic nitrogens is 2. The van der Waals surface area contributed by atoms with Crippen LogP contribution in [-0.4, -0.2) is 22.0 Å². The van der Waals surface area contributed by atoms with Gasteiger partial charge in [0.05, 0.1) is 0 Å². The molecule has 0 atom stereocenters. The highest BCUT2D eigenvalue weighted by atomic mass is 16.2. The molecule has 0 unspecified atom stereocenters. The molecule has 2 aliphatic carbocycles. The Labute approximate surface area is 108 Å². The molecule has 0 saturated heterocycles. The number of amides is 1. The van der Waals surface area contributed by atoms with Crippen molar-refractivity contribution in [3.8, 4) is 0 Å². The van der Waals surface area contributed by atoms with Crippen molar-refractivity contribution in [3.63, 3.8) is 0 Å². The smallest absolute Gasteiger partial charge is 0.223 e. The Morgan fingerprint density at radius 1 is 1.44 bits per heavy atom. The standard InChI is InChI=1S/C14H21N3O/c1-10-8-16-13(17(10)9-11-2-3-11)6-7-15-14(18)12-4-5-12/h8,11-12H,2-7,9H2,1H3,(H,15,18). The van der Waals surface area contributed by atoms with Crippen LogP contribution >= 0.6 is 0 Å². The van der Waals surface area contributed by atoms with E-state index in [2.05, 4.69) is 21.8 Å². The van der Waals surface area contributed by atoms with E-state index in [-0.39, 0.29) is 5.91 Å². The van der Waals surface area contributed by atoms with Crippen molar-refractivity contribution in [2.45, 2.75) is 45.6 Å². The van der Waals surface area contributed by atoms with Crippen molar-refractivity contribution in [1.29, 1.82) is 0 Å². The Bertz CT molecular complexity index is 444. The zero-order valence-corrected chi connectivity index (χ0v) is 11.0. The summed E-state index contributed by atoms with van der Waals surface area (Å²) >= 11 is 0. The Balaban J connectivity index is 1.52. The van der Waals surface area contributed by atoms with Gasteiger partial charge >= 0.3 is 0 Å². The van der Waals surface area contributed by atoms with Crippen LogP contribution in [0.2, 0.25) is 0 Å². The number of nitrogens with zero attached hydrogens (tertiary/aromatic N) is 2. The van der Waals surface area contributed by atoms with Gasteiger partial charge in [-0.1, -0.05) is 0 Å². The van der Waals surface area contributed by atoms with Crippen LogP contribution in [0.25, 0.3) is 0 Å². The molecule has 1 amide bonds. The van der Waals surface area contributed by atoms with E-state index in [9.17, 15) is 4.79 Å². The lowest BCUT2D eigenvalue weighted by Gasteiger charge is -2.10. The van der Waals surface area contributed by atoms with Crippen LogP contribution in [-0.2, 0) is 17.8 Å². The fraction of sp³-hybridized carbons (Fsp3) is 0.714. The van der Waals surface area contributed by atoms with E-state index >= 15 is 0 Å². The van der Waals surface area contributed by atoms with Crippen LogP contribution in [0.15, 0.2) is 6.20 Å². The maximum atomic E-state index is 11.5. The van der Waals surface area contributed by atoms with Gasteiger partial charge in [0.2, 0.25) is 5.91 Å². The largest absolute Gasteiger partial charge is 0.355 e. The van der Waals surface area contributed by atoms with Crippen LogP contribution in [0.1, 0.15) is 37.2 Å². The topological polar surface area (TPSA) is 46.9 Å². The molecule has 18 heavy (non-hydrogen) atoms. The number of hydrogen-bond donors (Lipinski definition) is 1. The molecule has 0 bridgehead atoms. The summed E-state index contributed by atoms with van der Waals surface area (Å²) in [5, 5.41) is 3.01. The molecular weight excluding hydrogens is 226 g/mol. The first-order valence-corrected chi connectivity index (χ1v) is 7.03. The zero-order valence-electron chi connectivity index (χ0n) is 11.0. The fourth-order valence-electron chi connectivity index (χ4n) is 2.31. The average molecular weight is 247 g/mol. The molecule has 2 saturated carbocycles.